The van der Waals surface area contributed by atoms with Crippen LogP contribution < -0.4 is 4.72 Å². The first-order chi connectivity index (χ1) is 9.92. The maximum atomic E-state index is 12.4. The third-order valence-corrected chi connectivity index (χ3v) is 6.33. The van der Waals surface area contributed by atoms with Crippen LogP contribution in [0, 0.1) is 6.92 Å². The number of aliphatic hydroxyl groups is 1. The highest BCUT2D eigenvalue weighted by Gasteiger charge is 2.23. The number of aliphatic hydroxyl groups excluding tert-OH is 1. The Bertz CT molecular complexity index is 698. The molecule has 0 radical (unpaired) electrons. The SMILES string of the molecule is Cc1sc(Br)cc1S(=O)(=O)NC(CO)Cc1ccccc1. The second kappa shape index (κ2) is 7.02. The Hall–Kier alpha value is -0.730. The van der Waals surface area contributed by atoms with Gasteiger partial charge >= 0.3 is 0 Å². The zero-order valence-electron chi connectivity index (χ0n) is 11.4. The zero-order valence-corrected chi connectivity index (χ0v) is 14.6. The lowest BCUT2D eigenvalue weighted by Crippen LogP contribution is -2.39. The molecule has 1 atom stereocenters. The van der Waals surface area contributed by atoms with E-state index in [2.05, 4.69) is 20.7 Å². The summed E-state index contributed by atoms with van der Waals surface area (Å²) in [7, 11) is -3.63. The van der Waals surface area contributed by atoms with Gasteiger partial charge in [-0.25, -0.2) is 13.1 Å². The fourth-order valence-corrected chi connectivity index (χ4v) is 5.66. The van der Waals surface area contributed by atoms with E-state index in [9.17, 15) is 13.5 Å². The number of aryl methyl sites for hydroxylation is 1. The fourth-order valence-electron chi connectivity index (χ4n) is 2.02. The highest BCUT2D eigenvalue weighted by Crippen LogP contribution is 2.29. The van der Waals surface area contributed by atoms with Gasteiger partial charge in [0.2, 0.25) is 10.0 Å². The van der Waals surface area contributed by atoms with E-state index in [0.29, 0.717) is 11.3 Å². The van der Waals surface area contributed by atoms with Gasteiger partial charge in [0.1, 0.15) is 0 Å². The summed E-state index contributed by atoms with van der Waals surface area (Å²) >= 11 is 4.66. The molecule has 4 nitrogen and oxygen atoms in total. The van der Waals surface area contributed by atoms with Crippen molar-refractivity contribution in [3.63, 3.8) is 0 Å². The third kappa shape index (κ3) is 4.37. The topological polar surface area (TPSA) is 66.4 Å². The van der Waals surface area contributed by atoms with E-state index >= 15 is 0 Å². The monoisotopic (exact) mass is 389 g/mol. The minimum absolute atomic E-state index is 0.252. The molecule has 0 aliphatic heterocycles. The Kier molecular flexibility index (Phi) is 5.56. The summed E-state index contributed by atoms with van der Waals surface area (Å²) in [6.07, 6.45) is 0.445. The number of thiophene rings is 1. The van der Waals surface area contributed by atoms with Crippen molar-refractivity contribution in [3.8, 4) is 0 Å². The molecular weight excluding hydrogens is 374 g/mol. The first-order valence-electron chi connectivity index (χ1n) is 6.35. The van der Waals surface area contributed by atoms with Gasteiger partial charge in [0.05, 0.1) is 15.3 Å². The van der Waals surface area contributed by atoms with Gasteiger partial charge in [-0.3, -0.25) is 0 Å². The lowest BCUT2D eigenvalue weighted by Gasteiger charge is -2.16. The van der Waals surface area contributed by atoms with Crippen molar-refractivity contribution in [2.24, 2.45) is 0 Å². The van der Waals surface area contributed by atoms with E-state index in [1.165, 1.54) is 11.3 Å². The summed E-state index contributed by atoms with van der Waals surface area (Å²) in [4.78, 5) is 0.969. The number of hydrogen-bond acceptors (Lipinski definition) is 4. The van der Waals surface area contributed by atoms with Crippen LogP contribution in [0.5, 0.6) is 0 Å². The molecule has 21 heavy (non-hydrogen) atoms. The maximum absolute atomic E-state index is 12.4. The molecule has 1 aromatic carbocycles. The molecule has 2 rings (SSSR count). The number of benzene rings is 1. The van der Waals surface area contributed by atoms with Crippen LogP contribution >= 0.6 is 27.3 Å². The molecule has 0 amide bonds. The van der Waals surface area contributed by atoms with Gasteiger partial charge in [0, 0.05) is 10.9 Å². The first kappa shape index (κ1) is 16.6. The maximum Gasteiger partial charge on any atom is 0.242 e. The normalized spacial score (nSPS) is 13.3. The van der Waals surface area contributed by atoms with Crippen molar-refractivity contribution in [1.82, 2.24) is 4.72 Å². The van der Waals surface area contributed by atoms with Gasteiger partial charge in [-0.15, -0.1) is 11.3 Å². The second-order valence-electron chi connectivity index (χ2n) is 4.66. The van der Waals surface area contributed by atoms with E-state index in [0.717, 1.165) is 9.35 Å². The van der Waals surface area contributed by atoms with Gasteiger partial charge in [0.25, 0.3) is 0 Å². The molecular formula is C14H16BrNO3S2. The Morgan fingerprint density at radius 3 is 2.52 bits per heavy atom. The molecule has 1 unspecified atom stereocenters. The molecule has 114 valence electrons. The summed E-state index contributed by atoms with van der Waals surface area (Å²) in [5.41, 5.74) is 0.975. The molecule has 0 bridgehead atoms. The Labute approximate surface area is 137 Å². The molecule has 2 aromatic rings. The molecule has 0 aliphatic carbocycles. The van der Waals surface area contributed by atoms with Crippen molar-refractivity contribution in [2.45, 2.75) is 24.3 Å². The molecule has 1 aromatic heterocycles. The number of nitrogens with one attached hydrogen (secondary N) is 1. The van der Waals surface area contributed by atoms with Crippen LogP contribution in [0.2, 0.25) is 0 Å². The Morgan fingerprint density at radius 1 is 1.33 bits per heavy atom. The van der Waals surface area contributed by atoms with Crippen molar-refractivity contribution in [2.75, 3.05) is 6.61 Å². The van der Waals surface area contributed by atoms with E-state index in [1.807, 2.05) is 30.3 Å². The number of rotatable bonds is 6. The summed E-state index contributed by atoms with van der Waals surface area (Å²) in [6, 6.07) is 10.5. The summed E-state index contributed by atoms with van der Waals surface area (Å²) in [6.45, 7) is 1.51. The lowest BCUT2D eigenvalue weighted by molar-refractivity contribution is 0.256. The second-order valence-corrected chi connectivity index (χ2v) is 8.98. The minimum atomic E-state index is -3.63. The summed E-state index contributed by atoms with van der Waals surface area (Å²) in [5.74, 6) is 0. The van der Waals surface area contributed by atoms with Crippen molar-refractivity contribution >= 4 is 37.3 Å². The van der Waals surface area contributed by atoms with E-state index in [1.54, 1.807) is 13.0 Å². The molecule has 0 saturated heterocycles. The van der Waals surface area contributed by atoms with E-state index < -0.39 is 16.1 Å². The highest BCUT2D eigenvalue weighted by molar-refractivity contribution is 9.11. The average molecular weight is 390 g/mol. The van der Waals surface area contributed by atoms with Crippen LogP contribution in [0.3, 0.4) is 0 Å². The first-order valence-corrected chi connectivity index (χ1v) is 9.44. The van der Waals surface area contributed by atoms with Crippen molar-refractivity contribution in [1.29, 1.82) is 0 Å². The standard InChI is InChI=1S/C14H16BrNO3S2/c1-10-13(8-14(15)20-10)21(18,19)16-12(9-17)7-11-5-3-2-4-6-11/h2-6,8,12,16-17H,7,9H2,1H3. The minimum Gasteiger partial charge on any atom is -0.395 e. The van der Waals surface area contributed by atoms with Gasteiger partial charge in [-0.05, 0) is 40.9 Å². The molecule has 0 aliphatic rings. The average Bonchev–Trinajstić information content (AvgIpc) is 2.79. The van der Waals surface area contributed by atoms with Gasteiger partial charge < -0.3 is 5.11 Å². The predicted octanol–water partition coefficient (Wildman–Crippen LogP) is 2.70. The molecule has 0 spiro atoms. The number of sulfonamides is 1. The fraction of sp³-hybridized carbons (Fsp3) is 0.286. The molecule has 0 saturated carbocycles. The van der Waals surface area contributed by atoms with Crippen LogP contribution in [0.15, 0.2) is 45.1 Å². The van der Waals surface area contributed by atoms with E-state index in [-0.39, 0.29) is 11.5 Å². The van der Waals surface area contributed by atoms with Gasteiger partial charge in [-0.1, -0.05) is 30.3 Å². The molecule has 2 N–H and O–H groups in total. The smallest absolute Gasteiger partial charge is 0.242 e. The van der Waals surface area contributed by atoms with Crippen molar-refractivity contribution < 1.29 is 13.5 Å². The quantitative estimate of drug-likeness (QED) is 0.797. The number of halogens is 1. The van der Waals surface area contributed by atoms with Crippen LogP contribution in [0.4, 0.5) is 0 Å². The van der Waals surface area contributed by atoms with Crippen LogP contribution in [-0.4, -0.2) is 26.2 Å². The van der Waals surface area contributed by atoms with Crippen LogP contribution in [0.1, 0.15) is 10.4 Å². The zero-order chi connectivity index (χ0) is 15.5. The third-order valence-electron chi connectivity index (χ3n) is 3.00. The highest BCUT2D eigenvalue weighted by atomic mass is 79.9. The van der Waals surface area contributed by atoms with E-state index in [4.69, 9.17) is 0 Å². The van der Waals surface area contributed by atoms with Crippen LogP contribution in [0.25, 0.3) is 0 Å². The largest absolute Gasteiger partial charge is 0.395 e. The molecule has 0 fully saturated rings. The van der Waals surface area contributed by atoms with Crippen LogP contribution in [-0.2, 0) is 16.4 Å². The lowest BCUT2D eigenvalue weighted by atomic mass is 10.1. The Balaban J connectivity index is 2.16. The molecule has 1 heterocycles. The van der Waals surface area contributed by atoms with Gasteiger partial charge in [-0.2, -0.15) is 0 Å². The number of hydrogen-bond donors (Lipinski definition) is 2. The van der Waals surface area contributed by atoms with Crippen molar-refractivity contribution in [3.05, 3.63) is 50.6 Å². The van der Waals surface area contributed by atoms with Gasteiger partial charge in [0.15, 0.2) is 0 Å². The predicted molar refractivity (Wildman–Crippen MR) is 88.1 cm³/mol. The summed E-state index contributed by atoms with van der Waals surface area (Å²) < 4.78 is 28.1. The molecule has 7 heteroatoms. The Morgan fingerprint density at radius 2 is 2.00 bits per heavy atom. The summed E-state index contributed by atoms with van der Waals surface area (Å²) in [5, 5.41) is 9.44.